The minimum atomic E-state index is -0.492. The van der Waals surface area contributed by atoms with E-state index >= 15 is 0 Å². The first-order valence-corrected chi connectivity index (χ1v) is 11.9. The summed E-state index contributed by atoms with van der Waals surface area (Å²) in [5.41, 5.74) is 3.60. The Hall–Kier alpha value is -3.78. The zero-order valence-corrected chi connectivity index (χ0v) is 20.3. The van der Waals surface area contributed by atoms with Crippen molar-refractivity contribution in [1.82, 2.24) is 20.2 Å². The van der Waals surface area contributed by atoms with Gasteiger partial charge in [0.1, 0.15) is 18.1 Å². The number of amides is 2. The van der Waals surface area contributed by atoms with Crippen LogP contribution in [0.25, 0.3) is 11.4 Å². The molecule has 1 heterocycles. The highest BCUT2D eigenvalue weighted by molar-refractivity contribution is 5.94. The Morgan fingerprint density at radius 3 is 2.66 bits per heavy atom. The number of aryl methyl sites for hydroxylation is 2. The molecule has 3 N–H and O–H groups in total. The predicted octanol–water partition coefficient (Wildman–Crippen LogP) is 2.96. The smallest absolute Gasteiger partial charge is 0.278 e. The van der Waals surface area contributed by atoms with Crippen molar-refractivity contribution in [3.05, 3.63) is 81.8 Å². The monoisotopic (exact) mass is 473 g/mol. The van der Waals surface area contributed by atoms with Gasteiger partial charge >= 0.3 is 0 Å². The fourth-order valence-corrected chi connectivity index (χ4v) is 4.42. The molecule has 1 aromatic heterocycles. The average Bonchev–Trinajstić information content (AvgIpc) is 2.86. The highest BCUT2D eigenvalue weighted by Crippen LogP contribution is 2.29. The highest BCUT2D eigenvalue weighted by Gasteiger charge is 2.23. The molecule has 0 spiro atoms. The fraction of sp³-hybridized carbons (Fsp3) is 0.333. The Morgan fingerprint density at radius 2 is 1.89 bits per heavy atom. The third-order valence-corrected chi connectivity index (χ3v) is 6.52. The molecule has 2 aromatic carbocycles. The number of carbonyl (C=O) groups is 2. The molecule has 8 heteroatoms. The van der Waals surface area contributed by atoms with Crippen LogP contribution in [-0.4, -0.2) is 34.5 Å². The summed E-state index contributed by atoms with van der Waals surface area (Å²) in [6, 6.07) is 15.1. The lowest BCUT2D eigenvalue weighted by molar-refractivity contribution is -0.122. The van der Waals surface area contributed by atoms with Crippen molar-refractivity contribution < 1.29 is 9.59 Å². The lowest BCUT2D eigenvalue weighted by atomic mass is 9.88. The fourth-order valence-electron chi connectivity index (χ4n) is 4.42. The second kappa shape index (κ2) is 10.7. The van der Waals surface area contributed by atoms with E-state index in [9.17, 15) is 14.4 Å². The van der Waals surface area contributed by atoms with Crippen molar-refractivity contribution in [2.45, 2.75) is 51.7 Å². The number of fused-ring (bicyclic) bond motifs is 1. The molecule has 8 nitrogen and oxygen atoms in total. The summed E-state index contributed by atoms with van der Waals surface area (Å²) in [5, 5.41) is 8.59. The van der Waals surface area contributed by atoms with Gasteiger partial charge in [-0.1, -0.05) is 48.5 Å². The van der Waals surface area contributed by atoms with Crippen LogP contribution in [0.2, 0.25) is 0 Å². The third-order valence-electron chi connectivity index (χ3n) is 6.52. The van der Waals surface area contributed by atoms with Gasteiger partial charge in [-0.3, -0.25) is 19.0 Å². The molecule has 1 aliphatic carbocycles. The number of benzene rings is 2. The molecular weight excluding hydrogens is 442 g/mol. The summed E-state index contributed by atoms with van der Waals surface area (Å²) in [7, 11) is 1.66. The van der Waals surface area contributed by atoms with Gasteiger partial charge in [-0.25, -0.2) is 4.98 Å². The molecule has 0 saturated carbocycles. The SMILES string of the molecule is CNC(C)C(=O)Nc1cnc(-c2ccccc2C)n(CC(=O)NC2CCCc3ccccc32)c1=O. The number of anilines is 1. The lowest BCUT2D eigenvalue weighted by Crippen LogP contribution is -2.40. The number of nitrogens with one attached hydrogen (secondary N) is 3. The van der Waals surface area contributed by atoms with E-state index in [1.54, 1.807) is 14.0 Å². The van der Waals surface area contributed by atoms with Gasteiger partial charge in [0, 0.05) is 5.56 Å². The van der Waals surface area contributed by atoms with E-state index in [0.29, 0.717) is 5.82 Å². The van der Waals surface area contributed by atoms with Crippen LogP contribution in [0.1, 0.15) is 42.5 Å². The van der Waals surface area contributed by atoms with Crippen LogP contribution in [-0.2, 0) is 22.6 Å². The van der Waals surface area contributed by atoms with Gasteiger partial charge < -0.3 is 16.0 Å². The molecule has 0 bridgehead atoms. The minimum Gasteiger partial charge on any atom is -0.348 e. The number of nitrogens with zero attached hydrogens (tertiary/aromatic N) is 2. The summed E-state index contributed by atoms with van der Waals surface area (Å²) in [4.78, 5) is 43.5. The highest BCUT2D eigenvalue weighted by atomic mass is 16.2. The maximum absolute atomic E-state index is 13.5. The summed E-state index contributed by atoms with van der Waals surface area (Å²) < 4.78 is 1.34. The minimum absolute atomic E-state index is 0.0326. The van der Waals surface area contributed by atoms with Crippen molar-refractivity contribution in [3.63, 3.8) is 0 Å². The van der Waals surface area contributed by atoms with Crippen LogP contribution < -0.4 is 21.5 Å². The van der Waals surface area contributed by atoms with E-state index in [1.807, 2.05) is 49.4 Å². The normalized spacial score (nSPS) is 15.7. The van der Waals surface area contributed by atoms with Gasteiger partial charge in [-0.2, -0.15) is 0 Å². The van der Waals surface area contributed by atoms with Gasteiger partial charge in [0.25, 0.3) is 5.56 Å². The summed E-state index contributed by atoms with van der Waals surface area (Å²) >= 11 is 0. The van der Waals surface area contributed by atoms with Crippen molar-refractivity contribution in [2.24, 2.45) is 0 Å². The largest absolute Gasteiger partial charge is 0.348 e. The number of likely N-dealkylation sites (N-methyl/N-ethyl adjacent to an activating group) is 1. The first kappa shape index (κ1) is 24.3. The molecule has 35 heavy (non-hydrogen) atoms. The molecule has 1 aliphatic rings. The topological polar surface area (TPSA) is 105 Å². The second-order valence-electron chi connectivity index (χ2n) is 8.91. The molecule has 2 unspecified atom stereocenters. The lowest BCUT2D eigenvalue weighted by Gasteiger charge is -2.26. The summed E-state index contributed by atoms with van der Waals surface area (Å²) in [5.74, 6) is -0.255. The maximum atomic E-state index is 13.5. The standard InChI is InChI=1S/C27H31N5O3/c1-17-9-4-6-12-20(17)25-29-15-23(31-26(34)18(2)28-3)27(35)32(25)16-24(33)30-22-14-8-11-19-10-5-7-13-21(19)22/h4-7,9-10,12-13,15,18,22,28H,8,11,14,16H2,1-3H3,(H,30,33)(H,31,34). The van der Waals surface area contributed by atoms with Crippen molar-refractivity contribution in [3.8, 4) is 11.4 Å². The molecule has 0 aliphatic heterocycles. The van der Waals surface area contributed by atoms with Crippen LogP contribution in [0.4, 0.5) is 5.69 Å². The van der Waals surface area contributed by atoms with Crippen LogP contribution in [0.15, 0.2) is 59.5 Å². The maximum Gasteiger partial charge on any atom is 0.278 e. The molecular formula is C27H31N5O3. The Balaban J connectivity index is 1.67. The van der Waals surface area contributed by atoms with Gasteiger partial charge in [0.05, 0.1) is 18.3 Å². The van der Waals surface area contributed by atoms with Crippen molar-refractivity contribution in [2.75, 3.05) is 12.4 Å². The zero-order chi connectivity index (χ0) is 24.9. The van der Waals surface area contributed by atoms with Crippen LogP contribution in [0, 0.1) is 6.92 Å². The molecule has 0 saturated heterocycles. The summed E-state index contributed by atoms with van der Waals surface area (Å²) in [6.07, 6.45) is 4.19. The molecule has 2 amide bonds. The molecule has 0 radical (unpaired) electrons. The second-order valence-corrected chi connectivity index (χ2v) is 8.91. The van der Waals surface area contributed by atoms with Crippen LogP contribution >= 0.6 is 0 Å². The molecule has 0 fully saturated rings. The zero-order valence-electron chi connectivity index (χ0n) is 20.3. The van der Waals surface area contributed by atoms with E-state index in [2.05, 4.69) is 27.0 Å². The van der Waals surface area contributed by atoms with E-state index in [4.69, 9.17) is 0 Å². The predicted molar refractivity (Wildman–Crippen MR) is 136 cm³/mol. The number of hydrogen-bond acceptors (Lipinski definition) is 5. The quantitative estimate of drug-likeness (QED) is 0.489. The van der Waals surface area contributed by atoms with Gasteiger partial charge in [0.2, 0.25) is 11.8 Å². The number of rotatable bonds is 7. The van der Waals surface area contributed by atoms with Gasteiger partial charge in [-0.05, 0) is 56.8 Å². The Labute approximate surface area is 204 Å². The first-order valence-electron chi connectivity index (χ1n) is 11.9. The number of aromatic nitrogens is 2. The average molecular weight is 474 g/mol. The first-order chi connectivity index (χ1) is 16.9. The molecule has 182 valence electrons. The number of carbonyl (C=O) groups excluding carboxylic acids is 2. The van der Waals surface area contributed by atoms with Gasteiger partial charge in [-0.15, -0.1) is 0 Å². The Morgan fingerprint density at radius 1 is 1.14 bits per heavy atom. The van der Waals surface area contributed by atoms with Gasteiger partial charge in [0.15, 0.2) is 0 Å². The van der Waals surface area contributed by atoms with E-state index in [-0.39, 0.29) is 30.1 Å². The Kier molecular flexibility index (Phi) is 7.41. The van der Waals surface area contributed by atoms with E-state index in [1.165, 1.54) is 16.3 Å². The van der Waals surface area contributed by atoms with Crippen LogP contribution in [0.5, 0.6) is 0 Å². The third kappa shape index (κ3) is 5.33. The van der Waals surface area contributed by atoms with Crippen molar-refractivity contribution >= 4 is 17.5 Å². The summed E-state index contributed by atoms with van der Waals surface area (Å²) in [6.45, 7) is 3.41. The number of hydrogen-bond donors (Lipinski definition) is 3. The molecule has 4 rings (SSSR count). The van der Waals surface area contributed by atoms with E-state index < -0.39 is 11.6 Å². The molecule has 3 aromatic rings. The van der Waals surface area contributed by atoms with Crippen molar-refractivity contribution in [1.29, 1.82) is 0 Å². The Bertz CT molecular complexity index is 1300. The van der Waals surface area contributed by atoms with Crippen LogP contribution in [0.3, 0.4) is 0 Å². The van der Waals surface area contributed by atoms with E-state index in [0.717, 1.165) is 36.0 Å². The molecule has 2 atom stereocenters.